The predicted octanol–water partition coefficient (Wildman–Crippen LogP) is 2.51. The van der Waals surface area contributed by atoms with E-state index in [-0.39, 0.29) is 5.78 Å². The van der Waals surface area contributed by atoms with Crippen molar-refractivity contribution in [3.63, 3.8) is 0 Å². The lowest BCUT2D eigenvalue weighted by Crippen LogP contribution is -2.52. The first-order valence-corrected chi connectivity index (χ1v) is 7.54. The van der Waals surface area contributed by atoms with E-state index in [9.17, 15) is 4.79 Å². The number of aryl methyl sites for hydroxylation is 2. The summed E-state index contributed by atoms with van der Waals surface area (Å²) in [5.41, 5.74) is 3.13. The Morgan fingerprint density at radius 1 is 1.30 bits per heavy atom. The lowest BCUT2D eigenvalue weighted by atomic mass is 10.0. The number of hydrogen-bond acceptors (Lipinski definition) is 3. The van der Waals surface area contributed by atoms with Crippen molar-refractivity contribution in [2.24, 2.45) is 0 Å². The third kappa shape index (κ3) is 3.47. The summed E-state index contributed by atoms with van der Waals surface area (Å²) in [4.78, 5) is 17.2. The highest BCUT2D eigenvalue weighted by Crippen LogP contribution is 2.15. The van der Waals surface area contributed by atoms with Gasteiger partial charge in [-0.15, -0.1) is 0 Å². The van der Waals surface area contributed by atoms with Crippen molar-refractivity contribution in [3.8, 4) is 0 Å². The molecule has 0 spiro atoms. The Kier molecular flexibility index (Phi) is 4.95. The minimum atomic E-state index is 0.255. The molecule has 1 aromatic carbocycles. The van der Waals surface area contributed by atoms with Crippen LogP contribution in [0.25, 0.3) is 0 Å². The van der Waals surface area contributed by atoms with Crippen LogP contribution in [0.1, 0.15) is 34.8 Å². The van der Waals surface area contributed by atoms with Crippen LogP contribution in [0.5, 0.6) is 0 Å². The zero-order valence-electron chi connectivity index (χ0n) is 13.1. The van der Waals surface area contributed by atoms with Gasteiger partial charge in [0.1, 0.15) is 0 Å². The Bertz CT molecular complexity index is 484. The van der Waals surface area contributed by atoms with Crippen molar-refractivity contribution in [2.45, 2.75) is 33.2 Å². The standard InChI is InChI=1S/C17H26N2O/c1-5-15-11-19(9-8-18(15)4)12-17(20)16-10-13(2)6-7-14(16)3/h6-7,10,15H,5,8-9,11-12H2,1-4H3. The van der Waals surface area contributed by atoms with Gasteiger partial charge in [0.15, 0.2) is 5.78 Å². The third-order valence-corrected chi connectivity index (χ3v) is 4.39. The molecule has 2 rings (SSSR count). The first-order chi connectivity index (χ1) is 9.51. The number of piperazine rings is 1. The zero-order valence-corrected chi connectivity index (χ0v) is 13.1. The van der Waals surface area contributed by atoms with Gasteiger partial charge >= 0.3 is 0 Å². The van der Waals surface area contributed by atoms with Crippen LogP contribution in [-0.2, 0) is 0 Å². The number of carbonyl (C=O) groups excluding carboxylic acids is 1. The van der Waals surface area contributed by atoms with Crippen molar-refractivity contribution in [3.05, 3.63) is 34.9 Å². The van der Waals surface area contributed by atoms with Gasteiger partial charge in [-0.1, -0.05) is 24.6 Å². The molecule has 20 heavy (non-hydrogen) atoms. The number of ketones is 1. The van der Waals surface area contributed by atoms with E-state index in [1.807, 2.05) is 26.0 Å². The molecule has 0 saturated carbocycles. The molecule has 0 aromatic heterocycles. The van der Waals surface area contributed by atoms with E-state index in [1.165, 1.54) is 0 Å². The summed E-state index contributed by atoms with van der Waals surface area (Å²) in [6.45, 7) is 9.88. The molecule has 110 valence electrons. The summed E-state index contributed by atoms with van der Waals surface area (Å²) in [6, 6.07) is 6.71. The Balaban J connectivity index is 2.03. The van der Waals surface area contributed by atoms with Crippen LogP contribution >= 0.6 is 0 Å². The van der Waals surface area contributed by atoms with Gasteiger partial charge in [-0.05, 0) is 38.9 Å². The molecule has 1 aromatic rings. The van der Waals surface area contributed by atoms with Gasteiger partial charge in [0.2, 0.25) is 0 Å². The monoisotopic (exact) mass is 274 g/mol. The van der Waals surface area contributed by atoms with Crippen molar-refractivity contribution in [2.75, 3.05) is 33.2 Å². The number of likely N-dealkylation sites (N-methyl/N-ethyl adjacent to an activating group) is 1. The largest absolute Gasteiger partial charge is 0.301 e. The van der Waals surface area contributed by atoms with Gasteiger partial charge in [0, 0.05) is 31.2 Å². The molecule has 0 aliphatic carbocycles. The first kappa shape index (κ1) is 15.2. The summed E-state index contributed by atoms with van der Waals surface area (Å²) in [5, 5.41) is 0. The Morgan fingerprint density at radius 2 is 2.05 bits per heavy atom. The van der Waals surface area contributed by atoms with E-state index in [0.29, 0.717) is 12.6 Å². The normalized spacial score (nSPS) is 21.1. The molecule has 1 atom stereocenters. The summed E-state index contributed by atoms with van der Waals surface area (Å²) in [7, 11) is 2.18. The van der Waals surface area contributed by atoms with Crippen LogP contribution in [0.2, 0.25) is 0 Å². The number of Topliss-reactive ketones (excluding diaryl/α,β-unsaturated/α-hetero) is 1. The molecule has 0 bridgehead atoms. The molecule has 0 N–H and O–H groups in total. The minimum Gasteiger partial charge on any atom is -0.301 e. The smallest absolute Gasteiger partial charge is 0.177 e. The van der Waals surface area contributed by atoms with Crippen molar-refractivity contribution >= 4 is 5.78 Å². The lowest BCUT2D eigenvalue weighted by molar-refractivity contribution is 0.0742. The average Bonchev–Trinajstić information content (AvgIpc) is 2.43. The highest BCUT2D eigenvalue weighted by atomic mass is 16.1. The van der Waals surface area contributed by atoms with Crippen molar-refractivity contribution < 1.29 is 4.79 Å². The van der Waals surface area contributed by atoms with Gasteiger partial charge in [0.25, 0.3) is 0 Å². The number of nitrogens with zero attached hydrogens (tertiary/aromatic N) is 2. The SMILES string of the molecule is CCC1CN(CC(=O)c2cc(C)ccc2C)CCN1C. The highest BCUT2D eigenvalue weighted by Gasteiger charge is 2.24. The third-order valence-electron chi connectivity index (χ3n) is 4.39. The van der Waals surface area contributed by atoms with E-state index in [0.717, 1.165) is 42.7 Å². The molecule has 1 heterocycles. The Hall–Kier alpha value is -1.19. The zero-order chi connectivity index (χ0) is 14.7. The van der Waals surface area contributed by atoms with Crippen molar-refractivity contribution in [1.82, 2.24) is 9.80 Å². The van der Waals surface area contributed by atoms with Crippen LogP contribution in [0, 0.1) is 13.8 Å². The maximum absolute atomic E-state index is 12.5. The van der Waals surface area contributed by atoms with Gasteiger partial charge in [-0.3, -0.25) is 9.69 Å². The van der Waals surface area contributed by atoms with E-state index in [4.69, 9.17) is 0 Å². The number of carbonyl (C=O) groups is 1. The van der Waals surface area contributed by atoms with Gasteiger partial charge in [-0.25, -0.2) is 0 Å². The predicted molar refractivity (Wildman–Crippen MR) is 83.4 cm³/mol. The quantitative estimate of drug-likeness (QED) is 0.788. The van der Waals surface area contributed by atoms with Gasteiger partial charge in [-0.2, -0.15) is 0 Å². The van der Waals surface area contributed by atoms with E-state index in [1.54, 1.807) is 0 Å². The molecule has 1 unspecified atom stereocenters. The summed E-state index contributed by atoms with van der Waals surface area (Å²) in [5.74, 6) is 0.255. The van der Waals surface area contributed by atoms with Gasteiger partial charge in [0.05, 0.1) is 6.54 Å². The highest BCUT2D eigenvalue weighted by molar-refractivity contribution is 5.99. The number of rotatable bonds is 4. The fraction of sp³-hybridized carbons (Fsp3) is 0.588. The second kappa shape index (κ2) is 6.51. The molecule has 1 saturated heterocycles. The molecule has 1 fully saturated rings. The molecule has 0 amide bonds. The second-order valence-electron chi connectivity index (χ2n) is 6.02. The summed E-state index contributed by atoms with van der Waals surface area (Å²) in [6.07, 6.45) is 1.14. The first-order valence-electron chi connectivity index (χ1n) is 7.54. The van der Waals surface area contributed by atoms with E-state index < -0.39 is 0 Å². The minimum absolute atomic E-state index is 0.255. The Labute approximate surface area is 122 Å². The molecular weight excluding hydrogens is 248 g/mol. The molecule has 1 aliphatic rings. The average molecular weight is 274 g/mol. The second-order valence-corrected chi connectivity index (χ2v) is 6.02. The molecule has 0 radical (unpaired) electrons. The fourth-order valence-electron chi connectivity index (χ4n) is 2.92. The molecule has 1 aliphatic heterocycles. The molecule has 3 heteroatoms. The van der Waals surface area contributed by atoms with E-state index >= 15 is 0 Å². The van der Waals surface area contributed by atoms with Crippen LogP contribution in [-0.4, -0.2) is 54.9 Å². The summed E-state index contributed by atoms with van der Waals surface area (Å²) < 4.78 is 0. The van der Waals surface area contributed by atoms with Crippen molar-refractivity contribution in [1.29, 1.82) is 0 Å². The number of hydrogen-bond donors (Lipinski definition) is 0. The van der Waals surface area contributed by atoms with E-state index in [2.05, 4.69) is 29.8 Å². The number of benzene rings is 1. The molecule has 3 nitrogen and oxygen atoms in total. The van der Waals surface area contributed by atoms with Crippen LogP contribution < -0.4 is 0 Å². The maximum atomic E-state index is 12.5. The maximum Gasteiger partial charge on any atom is 0.177 e. The fourth-order valence-corrected chi connectivity index (χ4v) is 2.92. The van der Waals surface area contributed by atoms with Crippen LogP contribution in [0.3, 0.4) is 0 Å². The topological polar surface area (TPSA) is 23.6 Å². The Morgan fingerprint density at radius 3 is 2.75 bits per heavy atom. The molecular formula is C17H26N2O. The lowest BCUT2D eigenvalue weighted by Gasteiger charge is -2.38. The van der Waals surface area contributed by atoms with Crippen LogP contribution in [0.4, 0.5) is 0 Å². The van der Waals surface area contributed by atoms with Gasteiger partial charge < -0.3 is 4.90 Å². The summed E-state index contributed by atoms with van der Waals surface area (Å²) >= 11 is 0. The van der Waals surface area contributed by atoms with Crippen LogP contribution in [0.15, 0.2) is 18.2 Å².